The predicted octanol–water partition coefficient (Wildman–Crippen LogP) is 9.70. The maximum Gasteiger partial charge on any atom is 0.306 e. The first kappa shape index (κ1) is 49.5. The van der Waals surface area contributed by atoms with E-state index in [0.717, 1.165) is 25.7 Å². The van der Waals surface area contributed by atoms with Crippen molar-refractivity contribution in [3.05, 3.63) is 60.8 Å². The van der Waals surface area contributed by atoms with Gasteiger partial charge in [0.15, 0.2) is 6.10 Å². The summed E-state index contributed by atoms with van der Waals surface area (Å²) in [5.41, 5.74) is 0. The lowest BCUT2D eigenvalue weighted by atomic mass is 10.0. The quantitative estimate of drug-likeness (QED) is 0.0217. The van der Waals surface area contributed by atoms with Crippen molar-refractivity contribution >= 4 is 11.9 Å². The number of unbranched alkanes of at least 4 members (excludes halogenated alkanes) is 17. The number of allylic oxidation sites excluding steroid dienone is 7. The van der Waals surface area contributed by atoms with E-state index in [0.29, 0.717) is 12.8 Å². The Morgan fingerprint density at radius 3 is 1.58 bits per heavy atom. The number of esters is 2. The van der Waals surface area contributed by atoms with Crippen molar-refractivity contribution in [3.63, 3.8) is 0 Å². The second-order valence-corrected chi connectivity index (χ2v) is 13.9. The molecule has 0 heterocycles. The summed E-state index contributed by atoms with van der Waals surface area (Å²) in [7, 11) is 0. The van der Waals surface area contributed by atoms with Crippen molar-refractivity contribution in [2.45, 2.75) is 192 Å². The van der Waals surface area contributed by atoms with Crippen LogP contribution in [0.2, 0.25) is 0 Å². The second kappa shape index (κ2) is 38.2. The molecule has 4 N–H and O–H groups in total. The number of aliphatic hydroxyl groups is 4. The normalized spacial score (nSPS) is 14.7. The van der Waals surface area contributed by atoms with Gasteiger partial charge in [-0.3, -0.25) is 9.59 Å². The minimum absolute atomic E-state index is 0.000940. The van der Waals surface area contributed by atoms with Crippen molar-refractivity contribution in [1.29, 1.82) is 0 Å². The van der Waals surface area contributed by atoms with E-state index in [-0.39, 0.29) is 31.8 Å². The molecule has 300 valence electrons. The first-order valence-corrected chi connectivity index (χ1v) is 20.7. The van der Waals surface area contributed by atoms with Gasteiger partial charge in [0.2, 0.25) is 0 Å². The van der Waals surface area contributed by atoms with E-state index >= 15 is 0 Å². The molecule has 0 aliphatic carbocycles. The average Bonchev–Trinajstić information content (AvgIpc) is 3.13. The maximum absolute atomic E-state index is 12.2. The third-order valence-electron chi connectivity index (χ3n) is 8.92. The molecule has 0 spiro atoms. The highest BCUT2D eigenvalue weighted by Crippen LogP contribution is 2.15. The molecule has 0 aromatic carbocycles. The van der Waals surface area contributed by atoms with Crippen molar-refractivity contribution in [2.24, 2.45) is 0 Å². The first-order valence-electron chi connectivity index (χ1n) is 20.7. The zero-order valence-electron chi connectivity index (χ0n) is 32.9. The topological polar surface area (TPSA) is 134 Å². The number of aliphatic hydroxyl groups excluding tert-OH is 4. The van der Waals surface area contributed by atoms with Gasteiger partial charge in [-0.25, -0.2) is 0 Å². The van der Waals surface area contributed by atoms with Gasteiger partial charge in [0.05, 0.1) is 24.9 Å². The van der Waals surface area contributed by atoms with Gasteiger partial charge in [0, 0.05) is 12.8 Å². The fourth-order valence-corrected chi connectivity index (χ4v) is 5.66. The minimum atomic E-state index is -1.09. The summed E-state index contributed by atoms with van der Waals surface area (Å²) in [6, 6.07) is 0. The van der Waals surface area contributed by atoms with Crippen molar-refractivity contribution in [3.8, 4) is 0 Å². The highest BCUT2D eigenvalue weighted by molar-refractivity contribution is 5.70. The number of hydrogen-bond acceptors (Lipinski definition) is 8. The van der Waals surface area contributed by atoms with E-state index < -0.39 is 37.0 Å². The van der Waals surface area contributed by atoms with Crippen molar-refractivity contribution in [1.82, 2.24) is 0 Å². The highest BCUT2D eigenvalue weighted by atomic mass is 16.6. The van der Waals surface area contributed by atoms with Crippen LogP contribution in [-0.4, -0.2) is 70.0 Å². The Kier molecular flexibility index (Phi) is 36.4. The molecule has 4 atom stereocenters. The van der Waals surface area contributed by atoms with Gasteiger partial charge in [-0.15, -0.1) is 0 Å². The number of carbonyl (C=O) groups excluding carboxylic acids is 2. The van der Waals surface area contributed by atoms with Crippen molar-refractivity contribution < 1.29 is 39.5 Å². The lowest BCUT2D eigenvalue weighted by Crippen LogP contribution is -2.29. The summed E-state index contributed by atoms with van der Waals surface area (Å²) in [5, 5.41) is 39.7. The maximum atomic E-state index is 12.2. The molecule has 0 fully saturated rings. The van der Waals surface area contributed by atoms with Gasteiger partial charge >= 0.3 is 11.9 Å². The SMILES string of the molecule is CC/C=C\C[C@H](O)/C=C/C=C/C=C\C=C/[C@@H](O)[C@H](O)CCCC(=O)O[C@@H](CO)COC(=O)CCCCCCCCCCCCCCCCCCCC. The van der Waals surface area contributed by atoms with Crippen LogP contribution in [0.1, 0.15) is 168 Å². The molecule has 52 heavy (non-hydrogen) atoms. The molecule has 0 bridgehead atoms. The molecule has 8 heteroatoms. The minimum Gasteiger partial charge on any atom is -0.462 e. The van der Waals surface area contributed by atoms with Gasteiger partial charge in [0.1, 0.15) is 6.61 Å². The summed E-state index contributed by atoms with van der Waals surface area (Å²) >= 11 is 0. The van der Waals surface area contributed by atoms with Crippen LogP contribution in [0.4, 0.5) is 0 Å². The zero-order valence-corrected chi connectivity index (χ0v) is 32.9. The van der Waals surface area contributed by atoms with Crippen LogP contribution in [0.5, 0.6) is 0 Å². The third-order valence-corrected chi connectivity index (χ3v) is 8.92. The molecule has 0 aliphatic rings. The predicted molar refractivity (Wildman–Crippen MR) is 214 cm³/mol. The van der Waals surface area contributed by atoms with E-state index in [9.17, 15) is 30.0 Å². The molecule has 0 amide bonds. The van der Waals surface area contributed by atoms with Gasteiger partial charge < -0.3 is 29.9 Å². The van der Waals surface area contributed by atoms with Crippen LogP contribution in [0.3, 0.4) is 0 Å². The fourth-order valence-electron chi connectivity index (χ4n) is 5.66. The molecule has 0 radical (unpaired) electrons. The molecule has 8 nitrogen and oxygen atoms in total. The zero-order chi connectivity index (χ0) is 38.3. The number of ether oxygens (including phenoxy) is 2. The average molecular weight is 733 g/mol. The smallest absolute Gasteiger partial charge is 0.306 e. The van der Waals surface area contributed by atoms with E-state index in [1.165, 1.54) is 102 Å². The Morgan fingerprint density at radius 2 is 1.06 bits per heavy atom. The van der Waals surface area contributed by atoms with Crippen LogP contribution in [0, 0.1) is 0 Å². The van der Waals surface area contributed by atoms with Crippen LogP contribution < -0.4 is 0 Å². The standard InChI is InChI=1S/C44H76O8/c1-3-5-7-8-9-10-11-12-13-14-15-16-17-18-19-20-25-29-35-43(49)51-38-40(37-45)52-44(50)36-30-34-42(48)41(47)33-28-24-22-21-23-27-32-39(46)31-26-6-4-2/h6,21-24,26-28,32-33,39-42,45-48H,3-5,7-20,25,29-31,34-38H2,1-2H3/b23-21+,24-22-,26-6-,32-27+,33-28-/t39-,40-,41+,42+/m0/s1. The van der Waals surface area contributed by atoms with Gasteiger partial charge in [-0.05, 0) is 32.1 Å². The highest BCUT2D eigenvalue weighted by Gasteiger charge is 2.18. The first-order chi connectivity index (χ1) is 25.3. The van der Waals surface area contributed by atoms with Crippen LogP contribution in [0.25, 0.3) is 0 Å². The summed E-state index contributed by atoms with van der Waals surface area (Å²) in [5.74, 6) is -0.922. The summed E-state index contributed by atoms with van der Waals surface area (Å²) in [4.78, 5) is 24.3. The monoisotopic (exact) mass is 733 g/mol. The molecule has 0 saturated carbocycles. The molecule has 0 saturated heterocycles. The Bertz CT molecular complexity index is 969. The molecule has 0 unspecified atom stereocenters. The van der Waals surface area contributed by atoms with Crippen LogP contribution >= 0.6 is 0 Å². The lowest BCUT2D eigenvalue weighted by molar-refractivity contribution is -0.161. The van der Waals surface area contributed by atoms with Crippen molar-refractivity contribution in [2.75, 3.05) is 13.2 Å². The Morgan fingerprint density at radius 1 is 0.577 bits per heavy atom. The Hall–Kier alpha value is -2.52. The van der Waals surface area contributed by atoms with Gasteiger partial charge in [-0.1, -0.05) is 184 Å². The molecule has 0 aromatic rings. The number of rotatable bonds is 36. The fraction of sp³-hybridized carbons (Fsp3) is 0.727. The van der Waals surface area contributed by atoms with Gasteiger partial charge in [-0.2, -0.15) is 0 Å². The molecule has 0 aliphatic heterocycles. The Labute approximate surface area is 317 Å². The van der Waals surface area contributed by atoms with E-state index in [2.05, 4.69) is 6.92 Å². The second-order valence-electron chi connectivity index (χ2n) is 13.9. The van der Waals surface area contributed by atoms with Crippen LogP contribution in [-0.2, 0) is 19.1 Å². The van der Waals surface area contributed by atoms with Crippen LogP contribution in [0.15, 0.2) is 60.8 Å². The van der Waals surface area contributed by atoms with Gasteiger partial charge in [0.25, 0.3) is 0 Å². The van der Waals surface area contributed by atoms with E-state index in [1.807, 2.05) is 19.1 Å². The molecular formula is C44H76O8. The van der Waals surface area contributed by atoms with E-state index in [1.54, 1.807) is 42.5 Å². The summed E-state index contributed by atoms with van der Waals surface area (Å²) in [6.07, 6.45) is 39.4. The lowest BCUT2D eigenvalue weighted by Gasteiger charge is -2.17. The summed E-state index contributed by atoms with van der Waals surface area (Å²) in [6.45, 7) is 3.66. The largest absolute Gasteiger partial charge is 0.462 e. The number of hydrogen-bond donors (Lipinski definition) is 4. The molecule has 0 aromatic heterocycles. The molecule has 0 rings (SSSR count). The Balaban J connectivity index is 3.86. The molecular weight excluding hydrogens is 656 g/mol. The summed E-state index contributed by atoms with van der Waals surface area (Å²) < 4.78 is 10.4. The number of carbonyl (C=O) groups is 2. The third kappa shape index (κ3) is 34.6. The van der Waals surface area contributed by atoms with E-state index in [4.69, 9.17) is 9.47 Å².